The lowest BCUT2D eigenvalue weighted by Crippen LogP contribution is -2.24. The summed E-state index contributed by atoms with van der Waals surface area (Å²) >= 11 is 0. The fourth-order valence-electron chi connectivity index (χ4n) is 2.86. The summed E-state index contributed by atoms with van der Waals surface area (Å²) in [7, 11) is -3.48. The number of aromatic nitrogens is 2. The molecule has 0 saturated heterocycles. The maximum absolute atomic E-state index is 12.3. The summed E-state index contributed by atoms with van der Waals surface area (Å²) < 4.78 is 34.7. The minimum atomic E-state index is -3.48. The van der Waals surface area contributed by atoms with Gasteiger partial charge in [-0.15, -0.1) is 0 Å². The second-order valence-corrected chi connectivity index (χ2v) is 8.12. The average molecular weight is 430 g/mol. The lowest BCUT2D eigenvalue weighted by molar-refractivity contribution is 0.340. The molecule has 0 atom stereocenters. The molecule has 7 heteroatoms. The van der Waals surface area contributed by atoms with Gasteiger partial charge in [0.05, 0.1) is 29.7 Å². The van der Waals surface area contributed by atoms with Gasteiger partial charge in [-0.3, -0.25) is 4.57 Å². The van der Waals surface area contributed by atoms with Gasteiger partial charge in [0.15, 0.2) is 0 Å². The lowest BCUT2D eigenvalue weighted by Gasteiger charge is -2.11. The topological polar surface area (TPSA) is 73.2 Å². The molecule has 1 aromatic heterocycles. The van der Waals surface area contributed by atoms with Crippen LogP contribution in [-0.2, 0) is 10.0 Å². The van der Waals surface area contributed by atoms with E-state index >= 15 is 0 Å². The summed E-state index contributed by atoms with van der Waals surface area (Å²) in [4.78, 5) is 4.52. The van der Waals surface area contributed by atoms with Gasteiger partial charge in [0.2, 0.25) is 10.0 Å². The third kappa shape index (κ3) is 5.93. The van der Waals surface area contributed by atoms with Crippen molar-refractivity contribution < 1.29 is 13.2 Å². The first-order valence-electron chi connectivity index (χ1n) is 10.4. The highest BCUT2D eigenvalue weighted by molar-refractivity contribution is 7.89. The summed E-state index contributed by atoms with van der Waals surface area (Å²) in [6, 6.07) is 14.6. The molecule has 0 aliphatic rings. The molecule has 30 heavy (non-hydrogen) atoms. The van der Waals surface area contributed by atoms with Crippen LogP contribution in [0, 0.1) is 0 Å². The molecule has 162 valence electrons. The van der Waals surface area contributed by atoms with E-state index in [1.165, 1.54) is 0 Å². The van der Waals surface area contributed by atoms with Crippen LogP contribution >= 0.6 is 0 Å². The molecular weight excluding hydrogens is 398 g/mol. The van der Waals surface area contributed by atoms with Gasteiger partial charge in [-0.05, 0) is 61.9 Å². The Bertz CT molecular complexity index is 995. The molecule has 1 N–H and O–H groups in total. The molecule has 0 aliphatic carbocycles. The molecule has 0 unspecified atom stereocenters. The van der Waals surface area contributed by atoms with E-state index in [1.807, 2.05) is 56.5 Å². The number of hydrogen-bond acceptors (Lipinski definition) is 4. The van der Waals surface area contributed by atoms with Crippen LogP contribution in [0.3, 0.4) is 0 Å². The molecule has 2 aromatic carbocycles. The summed E-state index contributed by atoms with van der Waals surface area (Å²) in [5, 5.41) is 0. The summed E-state index contributed by atoms with van der Waals surface area (Å²) in [5.41, 5.74) is 2.76. The number of hydrogen-bond donors (Lipinski definition) is 1. The Hall–Kier alpha value is -2.64. The molecule has 0 saturated carbocycles. The Balaban J connectivity index is 0.00000155. The average Bonchev–Trinajstić information content (AvgIpc) is 3.26. The monoisotopic (exact) mass is 429 g/mol. The minimum Gasteiger partial charge on any atom is -0.494 e. The summed E-state index contributed by atoms with van der Waals surface area (Å²) in [6.45, 7) is 9.05. The van der Waals surface area contributed by atoms with Crippen molar-refractivity contribution in [2.24, 2.45) is 0 Å². The van der Waals surface area contributed by atoms with Crippen molar-refractivity contribution in [3.63, 3.8) is 0 Å². The molecule has 3 rings (SSSR count). The van der Waals surface area contributed by atoms with E-state index < -0.39 is 10.0 Å². The van der Waals surface area contributed by atoms with E-state index in [1.54, 1.807) is 36.8 Å². The smallest absolute Gasteiger partial charge is 0.240 e. The lowest BCUT2D eigenvalue weighted by atomic mass is 10.1. The molecule has 3 aromatic rings. The van der Waals surface area contributed by atoms with Gasteiger partial charge in [-0.25, -0.2) is 18.1 Å². The fraction of sp³-hybridized carbons (Fsp3) is 0.348. The Morgan fingerprint density at radius 1 is 1.00 bits per heavy atom. The molecule has 0 fully saturated rings. The predicted molar refractivity (Wildman–Crippen MR) is 122 cm³/mol. The third-order valence-electron chi connectivity index (χ3n) is 4.35. The first kappa shape index (κ1) is 23.6. The van der Waals surface area contributed by atoms with Gasteiger partial charge in [0, 0.05) is 17.8 Å². The summed E-state index contributed by atoms with van der Waals surface area (Å²) in [6.07, 6.45) is 5.26. The van der Waals surface area contributed by atoms with Crippen molar-refractivity contribution >= 4 is 10.0 Å². The second-order valence-electron chi connectivity index (χ2n) is 6.35. The van der Waals surface area contributed by atoms with E-state index in [4.69, 9.17) is 4.74 Å². The van der Waals surface area contributed by atoms with Crippen LogP contribution in [0.15, 0.2) is 66.0 Å². The normalized spacial score (nSPS) is 10.9. The van der Waals surface area contributed by atoms with Crippen molar-refractivity contribution in [2.75, 3.05) is 13.2 Å². The number of ether oxygens (including phenoxy) is 1. The van der Waals surface area contributed by atoms with Crippen molar-refractivity contribution in [1.82, 2.24) is 14.3 Å². The molecule has 0 bridgehead atoms. The number of sulfonamides is 1. The van der Waals surface area contributed by atoms with E-state index in [0.717, 1.165) is 35.5 Å². The highest BCUT2D eigenvalue weighted by atomic mass is 32.2. The van der Waals surface area contributed by atoms with Crippen molar-refractivity contribution in [3.05, 3.63) is 61.1 Å². The quantitative estimate of drug-likeness (QED) is 0.484. The van der Waals surface area contributed by atoms with E-state index in [9.17, 15) is 8.42 Å². The highest BCUT2D eigenvalue weighted by Gasteiger charge is 2.14. The molecule has 1 heterocycles. The van der Waals surface area contributed by atoms with Crippen molar-refractivity contribution in [3.8, 4) is 22.7 Å². The number of unbranched alkanes of at least 4 members (excludes halogenated alkanes) is 1. The van der Waals surface area contributed by atoms with Crippen LogP contribution in [0.5, 0.6) is 5.75 Å². The van der Waals surface area contributed by atoms with E-state index in [-0.39, 0.29) is 4.90 Å². The Morgan fingerprint density at radius 2 is 1.67 bits per heavy atom. The Labute approximate surface area is 180 Å². The minimum absolute atomic E-state index is 0.259. The number of benzene rings is 2. The zero-order valence-electron chi connectivity index (χ0n) is 18.1. The predicted octanol–water partition coefficient (Wildman–Crippen LogP) is 5.04. The van der Waals surface area contributed by atoms with Crippen molar-refractivity contribution in [2.45, 2.75) is 45.4 Å². The number of imidazole rings is 1. The molecule has 0 spiro atoms. The maximum Gasteiger partial charge on any atom is 0.240 e. The van der Waals surface area contributed by atoms with Crippen LogP contribution in [0.4, 0.5) is 0 Å². The molecule has 0 aliphatic heterocycles. The van der Waals surface area contributed by atoms with Gasteiger partial charge in [-0.1, -0.05) is 27.2 Å². The van der Waals surface area contributed by atoms with Crippen molar-refractivity contribution in [1.29, 1.82) is 0 Å². The molecular formula is C23H31N3O3S. The van der Waals surface area contributed by atoms with Crippen LogP contribution in [-0.4, -0.2) is 31.1 Å². The molecule has 0 radical (unpaired) electrons. The van der Waals surface area contributed by atoms with Gasteiger partial charge in [0.25, 0.3) is 0 Å². The van der Waals surface area contributed by atoms with Gasteiger partial charge in [-0.2, -0.15) is 0 Å². The Kier molecular flexibility index (Phi) is 9.08. The zero-order valence-corrected chi connectivity index (χ0v) is 18.9. The van der Waals surface area contributed by atoms with E-state index in [0.29, 0.717) is 13.2 Å². The third-order valence-corrected chi connectivity index (χ3v) is 5.82. The van der Waals surface area contributed by atoms with Crippen LogP contribution in [0.1, 0.15) is 40.5 Å². The number of nitrogens with one attached hydrogen (secondary N) is 1. The van der Waals surface area contributed by atoms with Crippen LogP contribution in [0.2, 0.25) is 0 Å². The van der Waals surface area contributed by atoms with Gasteiger partial charge < -0.3 is 4.74 Å². The number of rotatable bonds is 9. The highest BCUT2D eigenvalue weighted by Crippen LogP contribution is 2.25. The summed E-state index contributed by atoms with van der Waals surface area (Å²) in [5.74, 6) is 0.822. The SMILES string of the molecule is CC.CCCCNS(=O)(=O)c1ccc(-n2cncc2-c2ccc(OCC)cc2)cc1. The Morgan fingerprint density at radius 3 is 2.27 bits per heavy atom. The zero-order chi connectivity index (χ0) is 22.0. The second kappa shape index (κ2) is 11.5. The van der Waals surface area contributed by atoms with Crippen LogP contribution in [0.25, 0.3) is 16.9 Å². The first-order valence-corrected chi connectivity index (χ1v) is 11.9. The van der Waals surface area contributed by atoms with E-state index in [2.05, 4.69) is 9.71 Å². The largest absolute Gasteiger partial charge is 0.494 e. The van der Waals surface area contributed by atoms with Crippen LogP contribution < -0.4 is 9.46 Å². The van der Waals surface area contributed by atoms with Gasteiger partial charge >= 0.3 is 0 Å². The van der Waals surface area contributed by atoms with Gasteiger partial charge in [0.1, 0.15) is 5.75 Å². The fourth-order valence-corrected chi connectivity index (χ4v) is 3.93. The number of nitrogens with zero attached hydrogens (tertiary/aromatic N) is 2. The standard InChI is InChI=1S/C21H25N3O3S.C2H6/c1-3-5-14-23-28(25,26)20-12-8-18(9-13-20)24-16-22-15-21(24)17-6-10-19(11-7-17)27-4-2;1-2/h6-13,15-16,23H,3-5,14H2,1-2H3;1-2H3. The molecule has 0 amide bonds. The first-order chi connectivity index (χ1) is 14.5. The maximum atomic E-state index is 12.3. The molecule has 6 nitrogen and oxygen atoms in total.